The molecule has 0 aliphatic carbocycles. The van der Waals surface area contributed by atoms with Gasteiger partial charge >= 0.3 is 12.4 Å². The van der Waals surface area contributed by atoms with Crippen molar-refractivity contribution < 1.29 is 40.6 Å². The zero-order valence-corrected chi connectivity index (χ0v) is 18.6. The largest absolute Gasteiger partial charge is 0.495 e. The highest BCUT2D eigenvalue weighted by Gasteiger charge is 2.41. The van der Waals surface area contributed by atoms with Crippen LogP contribution in [0.3, 0.4) is 0 Å². The quantitative estimate of drug-likeness (QED) is 0.221. The van der Waals surface area contributed by atoms with Crippen LogP contribution in [0.1, 0.15) is 38.2 Å². The molecule has 0 aliphatic rings. The molecule has 0 fully saturated rings. The van der Waals surface area contributed by atoms with Crippen molar-refractivity contribution in [3.05, 3.63) is 57.6 Å². The average molecular weight is 564 g/mol. The van der Waals surface area contributed by atoms with Crippen molar-refractivity contribution in [2.45, 2.75) is 23.0 Å². The van der Waals surface area contributed by atoms with Crippen LogP contribution in [-0.2, 0) is 23.0 Å². The maximum atomic E-state index is 13.6. The second kappa shape index (κ2) is 9.17. The van der Waals surface area contributed by atoms with Crippen molar-refractivity contribution in [3.8, 4) is 11.5 Å². The minimum atomic E-state index is -4.86. The zero-order chi connectivity index (χ0) is 22.9. The third kappa shape index (κ3) is 4.61. The Labute approximate surface area is 184 Å². The molecule has 0 amide bonds. The molecular formula is C19H14Br2F6O3. The molecule has 2 rings (SSSR count). The first-order valence-corrected chi connectivity index (χ1v) is 10.4. The zero-order valence-electron chi connectivity index (χ0n) is 15.5. The van der Waals surface area contributed by atoms with Crippen LogP contribution in [0.25, 0.3) is 0 Å². The van der Waals surface area contributed by atoms with Crippen LogP contribution < -0.4 is 9.47 Å². The van der Waals surface area contributed by atoms with Crippen molar-refractivity contribution in [1.82, 2.24) is 0 Å². The predicted octanol–water partition coefficient (Wildman–Crippen LogP) is 6.76. The molecule has 0 heterocycles. The number of hydrogen-bond donors (Lipinski definition) is 0. The van der Waals surface area contributed by atoms with E-state index in [4.69, 9.17) is 9.47 Å². The third-order valence-corrected chi connectivity index (χ3v) is 5.45. The number of ether oxygens (including phenoxy) is 2. The molecule has 0 spiro atoms. The van der Waals surface area contributed by atoms with Gasteiger partial charge in [-0.05, 0) is 23.3 Å². The number of hydrogen-bond acceptors (Lipinski definition) is 3. The third-order valence-electron chi connectivity index (χ3n) is 4.24. The molecule has 0 aromatic heterocycles. The lowest BCUT2D eigenvalue weighted by Crippen LogP contribution is -2.17. The molecule has 0 saturated carbocycles. The predicted molar refractivity (Wildman–Crippen MR) is 105 cm³/mol. The van der Waals surface area contributed by atoms with Crippen LogP contribution >= 0.6 is 31.9 Å². The molecule has 0 unspecified atom stereocenters. The van der Waals surface area contributed by atoms with Crippen molar-refractivity contribution in [3.63, 3.8) is 0 Å². The molecule has 2 aromatic carbocycles. The highest BCUT2D eigenvalue weighted by atomic mass is 79.9. The Morgan fingerprint density at radius 2 is 1.10 bits per heavy atom. The van der Waals surface area contributed by atoms with E-state index in [9.17, 15) is 31.1 Å². The Morgan fingerprint density at radius 1 is 0.767 bits per heavy atom. The second-order valence-electron chi connectivity index (χ2n) is 5.95. The first-order chi connectivity index (χ1) is 13.9. The van der Waals surface area contributed by atoms with Gasteiger partial charge in [0.15, 0.2) is 0 Å². The molecule has 0 atom stereocenters. The maximum absolute atomic E-state index is 13.6. The normalized spacial score (nSPS) is 12.1. The minimum absolute atomic E-state index is 0.172. The summed E-state index contributed by atoms with van der Waals surface area (Å²) in [5.74, 6) is -2.64. The van der Waals surface area contributed by atoms with Crippen molar-refractivity contribution in [2.24, 2.45) is 0 Å². The molecule has 2 aromatic rings. The second-order valence-corrected chi connectivity index (χ2v) is 7.07. The summed E-state index contributed by atoms with van der Waals surface area (Å²) in [5, 5.41) is -0.345. The summed E-state index contributed by atoms with van der Waals surface area (Å²) < 4.78 is 91.4. The fourth-order valence-electron chi connectivity index (χ4n) is 3.02. The van der Waals surface area contributed by atoms with E-state index in [0.29, 0.717) is 0 Å². The van der Waals surface area contributed by atoms with Gasteiger partial charge in [0, 0.05) is 10.7 Å². The molecule has 0 bridgehead atoms. The summed E-state index contributed by atoms with van der Waals surface area (Å²) in [5.41, 5.74) is -3.80. The average Bonchev–Trinajstić information content (AvgIpc) is 2.69. The van der Waals surface area contributed by atoms with E-state index >= 15 is 0 Å². The van der Waals surface area contributed by atoms with E-state index in [0.717, 1.165) is 38.5 Å². The molecule has 0 N–H and O–H groups in total. The summed E-state index contributed by atoms with van der Waals surface area (Å²) in [7, 11) is 1.90. The van der Waals surface area contributed by atoms with Gasteiger partial charge in [-0.3, -0.25) is 4.79 Å². The number of alkyl halides is 8. The summed E-state index contributed by atoms with van der Waals surface area (Å²) in [4.78, 5) is 13.0. The summed E-state index contributed by atoms with van der Waals surface area (Å²) in [6.45, 7) is 0. The van der Waals surface area contributed by atoms with Crippen LogP contribution in [0, 0.1) is 0 Å². The number of ketones is 1. The monoisotopic (exact) mass is 562 g/mol. The van der Waals surface area contributed by atoms with Crippen LogP contribution in [-0.4, -0.2) is 20.0 Å². The number of carbonyl (C=O) groups excluding carboxylic acids is 1. The van der Waals surface area contributed by atoms with Gasteiger partial charge in [0.2, 0.25) is 5.78 Å². The first-order valence-electron chi connectivity index (χ1n) is 8.13. The summed E-state index contributed by atoms with van der Waals surface area (Å²) in [6, 6.07) is 4.30. The molecule has 0 saturated heterocycles. The Morgan fingerprint density at radius 3 is 1.33 bits per heavy atom. The lowest BCUT2D eigenvalue weighted by molar-refractivity contribution is -0.140. The van der Waals surface area contributed by atoms with Gasteiger partial charge in [0.05, 0.1) is 25.3 Å². The lowest BCUT2D eigenvalue weighted by atomic mass is 9.93. The highest BCUT2D eigenvalue weighted by Crippen LogP contribution is 2.45. The minimum Gasteiger partial charge on any atom is -0.495 e. The van der Waals surface area contributed by atoms with E-state index < -0.39 is 51.9 Å². The molecule has 3 nitrogen and oxygen atoms in total. The van der Waals surface area contributed by atoms with Gasteiger partial charge in [-0.25, -0.2) is 0 Å². The number of halogens is 8. The Kier molecular flexibility index (Phi) is 7.49. The van der Waals surface area contributed by atoms with Gasteiger partial charge in [-0.1, -0.05) is 44.0 Å². The van der Waals surface area contributed by atoms with E-state index in [2.05, 4.69) is 31.9 Å². The summed E-state index contributed by atoms with van der Waals surface area (Å²) >= 11 is 5.90. The molecule has 30 heavy (non-hydrogen) atoms. The standard InChI is InChI=1S/C19H14Br2F6O3/c1-29-16-11(5-3-9(7-20)13(16)18(22,23)24)15(28)12-6-4-10(8-21)14(17(12)30-2)19(25,26)27/h3-6H,7-8H2,1-2H3. The van der Waals surface area contributed by atoms with Gasteiger partial charge < -0.3 is 9.47 Å². The molecule has 0 aliphatic heterocycles. The van der Waals surface area contributed by atoms with Gasteiger partial charge in [0.1, 0.15) is 22.6 Å². The van der Waals surface area contributed by atoms with Crippen LogP contribution in [0.5, 0.6) is 11.5 Å². The van der Waals surface area contributed by atoms with Crippen LogP contribution in [0.4, 0.5) is 26.3 Å². The molecule has 0 radical (unpaired) electrons. The van der Waals surface area contributed by atoms with Crippen LogP contribution in [0.2, 0.25) is 0 Å². The van der Waals surface area contributed by atoms with Gasteiger partial charge in [-0.15, -0.1) is 0 Å². The Bertz CT molecular complexity index is 879. The Balaban J connectivity index is 2.82. The first kappa shape index (κ1) is 24.5. The number of carbonyl (C=O) groups is 1. The number of rotatable bonds is 6. The highest BCUT2D eigenvalue weighted by molar-refractivity contribution is 9.08. The van der Waals surface area contributed by atoms with E-state index in [1.807, 2.05) is 0 Å². The fraction of sp³-hybridized carbons (Fsp3) is 0.316. The van der Waals surface area contributed by atoms with Crippen LogP contribution in [0.15, 0.2) is 24.3 Å². The lowest BCUT2D eigenvalue weighted by Gasteiger charge is -2.21. The van der Waals surface area contributed by atoms with E-state index in [1.54, 1.807) is 0 Å². The fourth-order valence-corrected chi connectivity index (χ4v) is 3.95. The number of methoxy groups -OCH3 is 2. The molecular weight excluding hydrogens is 550 g/mol. The number of benzene rings is 2. The Hall–Kier alpha value is -1.75. The van der Waals surface area contributed by atoms with E-state index in [1.165, 1.54) is 0 Å². The molecule has 11 heteroatoms. The van der Waals surface area contributed by atoms with E-state index in [-0.39, 0.29) is 21.8 Å². The maximum Gasteiger partial charge on any atom is 0.420 e. The van der Waals surface area contributed by atoms with Crippen molar-refractivity contribution in [2.75, 3.05) is 14.2 Å². The van der Waals surface area contributed by atoms with Gasteiger partial charge in [-0.2, -0.15) is 26.3 Å². The van der Waals surface area contributed by atoms with Crippen molar-refractivity contribution in [1.29, 1.82) is 0 Å². The smallest absolute Gasteiger partial charge is 0.420 e. The van der Waals surface area contributed by atoms with Crippen molar-refractivity contribution >= 4 is 37.6 Å². The van der Waals surface area contributed by atoms with Gasteiger partial charge in [0.25, 0.3) is 0 Å². The molecule has 164 valence electrons. The SMILES string of the molecule is COc1c(C(=O)c2ccc(CBr)c(C(F)(F)F)c2OC)ccc(CBr)c1C(F)(F)F. The summed E-state index contributed by atoms with van der Waals surface area (Å²) in [6.07, 6.45) is -9.71. The topological polar surface area (TPSA) is 35.5 Å².